The van der Waals surface area contributed by atoms with E-state index in [9.17, 15) is 0 Å². The van der Waals surface area contributed by atoms with Crippen LogP contribution in [0, 0.1) is 0 Å². The second-order valence-electron chi connectivity index (χ2n) is 7.40. The molecule has 0 bridgehead atoms. The van der Waals surface area contributed by atoms with Crippen molar-refractivity contribution in [1.82, 2.24) is 0 Å². The van der Waals surface area contributed by atoms with Gasteiger partial charge >= 0.3 is 7.12 Å². The van der Waals surface area contributed by atoms with Crippen LogP contribution >= 0.6 is 0 Å². The molecule has 0 N–H and O–H groups in total. The molecule has 0 spiro atoms. The molecule has 0 atom stereocenters. The van der Waals surface area contributed by atoms with Crippen LogP contribution in [0.1, 0.15) is 96.5 Å². The highest BCUT2D eigenvalue weighted by molar-refractivity contribution is 6.43. The Kier molecular flexibility index (Phi) is 15.7. The van der Waals surface area contributed by atoms with Crippen LogP contribution in [0.4, 0.5) is 0 Å². The lowest BCUT2D eigenvalue weighted by Gasteiger charge is -2.15. The predicted octanol–water partition coefficient (Wildman–Crippen LogP) is 7.01. The zero-order valence-corrected chi connectivity index (χ0v) is 17.4. The summed E-state index contributed by atoms with van der Waals surface area (Å²) in [7, 11) is -0.0938. The fraction of sp³-hybridized carbons (Fsp3) is 0.739. The maximum absolute atomic E-state index is 6.08. The Bertz CT molecular complexity index is 378. The van der Waals surface area contributed by atoms with Gasteiger partial charge in [-0.05, 0) is 12.8 Å². The van der Waals surface area contributed by atoms with Crippen LogP contribution < -0.4 is 0 Å². The molecule has 3 heteroatoms. The lowest BCUT2D eigenvalue weighted by atomic mass is 9.80. The third-order valence-corrected chi connectivity index (χ3v) is 4.85. The molecule has 1 aromatic carbocycles. The zero-order chi connectivity index (χ0) is 18.7. The van der Waals surface area contributed by atoms with Gasteiger partial charge in [-0.2, -0.15) is 0 Å². The summed E-state index contributed by atoms with van der Waals surface area (Å²) in [5.41, 5.74) is 1.29. The van der Waals surface area contributed by atoms with E-state index in [-0.39, 0.29) is 7.12 Å². The van der Waals surface area contributed by atoms with Crippen molar-refractivity contribution in [2.75, 3.05) is 13.2 Å². The van der Waals surface area contributed by atoms with E-state index in [1.54, 1.807) is 0 Å². The molecule has 1 aromatic rings. The number of hydrogen-bond acceptors (Lipinski definition) is 2. The zero-order valence-electron chi connectivity index (χ0n) is 17.4. The Morgan fingerprint density at radius 2 is 1.08 bits per heavy atom. The smallest absolute Gasteiger partial charge is 0.411 e. The Morgan fingerprint density at radius 3 is 1.58 bits per heavy atom. The number of rotatable bonds is 18. The third kappa shape index (κ3) is 13.4. The van der Waals surface area contributed by atoms with E-state index in [1.807, 2.05) is 0 Å². The Labute approximate surface area is 163 Å². The number of unbranched alkanes of at least 4 members (excludes halogenated alkanes) is 10. The molecule has 0 aliphatic carbocycles. The molecule has 0 saturated carbocycles. The second-order valence-corrected chi connectivity index (χ2v) is 7.40. The molecule has 0 heterocycles. The minimum atomic E-state index is -0.0938. The highest BCUT2D eigenvalue weighted by Gasteiger charge is 2.18. The van der Waals surface area contributed by atoms with Gasteiger partial charge in [-0.15, -0.1) is 0 Å². The van der Waals surface area contributed by atoms with Gasteiger partial charge in [0.15, 0.2) is 0 Å². The molecule has 1 rings (SSSR count). The first kappa shape index (κ1) is 23.2. The standard InChI is InChI=1S/C23H41BO2/c1-3-5-7-9-11-16-20-25-24(22-23-18-14-13-15-19-23)26-21-17-12-10-8-6-4-2/h13-15,18-19H,3-12,16-17,20-22H2,1-2H3. The number of benzene rings is 1. The SMILES string of the molecule is CCCCCCCCOB(Cc1ccccc1)OCCCCCCCC. The van der Waals surface area contributed by atoms with Crippen molar-refractivity contribution >= 4 is 7.12 Å². The normalized spacial score (nSPS) is 11.0. The molecule has 26 heavy (non-hydrogen) atoms. The molecule has 0 fully saturated rings. The lowest BCUT2D eigenvalue weighted by molar-refractivity contribution is 0.188. The van der Waals surface area contributed by atoms with Crippen LogP contribution in [0.25, 0.3) is 0 Å². The van der Waals surface area contributed by atoms with Crippen molar-refractivity contribution < 1.29 is 9.31 Å². The van der Waals surface area contributed by atoms with E-state index in [2.05, 4.69) is 44.2 Å². The molecule has 0 aliphatic heterocycles. The largest absolute Gasteiger partial charge is 0.461 e. The molecule has 0 aromatic heterocycles. The van der Waals surface area contributed by atoms with Crippen LogP contribution in [-0.4, -0.2) is 20.3 Å². The van der Waals surface area contributed by atoms with E-state index in [4.69, 9.17) is 9.31 Å². The second kappa shape index (κ2) is 17.6. The van der Waals surface area contributed by atoms with Crippen LogP contribution in [0.5, 0.6) is 0 Å². The van der Waals surface area contributed by atoms with Gasteiger partial charge in [-0.3, -0.25) is 0 Å². The van der Waals surface area contributed by atoms with Crippen molar-refractivity contribution in [2.45, 2.75) is 97.2 Å². The van der Waals surface area contributed by atoms with Gasteiger partial charge in [0, 0.05) is 19.5 Å². The molecule has 0 aliphatic rings. The summed E-state index contributed by atoms with van der Waals surface area (Å²) in [6.45, 7) is 6.16. The molecule has 0 saturated heterocycles. The molecule has 148 valence electrons. The Morgan fingerprint density at radius 1 is 0.615 bits per heavy atom. The molecular weight excluding hydrogens is 319 g/mol. The van der Waals surface area contributed by atoms with Gasteiger partial charge in [0.25, 0.3) is 0 Å². The van der Waals surface area contributed by atoms with Crippen molar-refractivity contribution in [1.29, 1.82) is 0 Å². The van der Waals surface area contributed by atoms with Crippen LogP contribution in [0.15, 0.2) is 30.3 Å². The minimum Gasteiger partial charge on any atom is -0.411 e. The maximum Gasteiger partial charge on any atom is 0.461 e. The Hall–Kier alpha value is -0.795. The van der Waals surface area contributed by atoms with E-state index < -0.39 is 0 Å². The highest BCUT2D eigenvalue weighted by Crippen LogP contribution is 2.10. The van der Waals surface area contributed by atoms with Crippen molar-refractivity contribution in [2.24, 2.45) is 0 Å². The monoisotopic (exact) mass is 360 g/mol. The van der Waals surface area contributed by atoms with E-state index >= 15 is 0 Å². The minimum absolute atomic E-state index is 0.0938. The van der Waals surface area contributed by atoms with E-state index in [0.717, 1.165) is 32.4 Å². The summed E-state index contributed by atoms with van der Waals surface area (Å²) in [6, 6.07) is 10.6. The molecule has 0 unspecified atom stereocenters. The first-order valence-corrected chi connectivity index (χ1v) is 11.1. The molecular formula is C23H41BO2. The van der Waals surface area contributed by atoms with Gasteiger partial charge in [-0.1, -0.05) is 114 Å². The van der Waals surface area contributed by atoms with Crippen LogP contribution in [-0.2, 0) is 15.6 Å². The Balaban J connectivity index is 2.21. The first-order chi connectivity index (χ1) is 12.9. The summed E-state index contributed by atoms with van der Waals surface area (Å²) >= 11 is 0. The third-order valence-electron chi connectivity index (χ3n) is 4.85. The fourth-order valence-corrected chi connectivity index (χ4v) is 3.17. The highest BCUT2D eigenvalue weighted by atomic mass is 16.6. The summed E-state index contributed by atoms with van der Waals surface area (Å²) < 4.78 is 12.2. The lowest BCUT2D eigenvalue weighted by Crippen LogP contribution is -2.27. The van der Waals surface area contributed by atoms with E-state index in [0.29, 0.717) is 0 Å². The number of hydrogen-bond donors (Lipinski definition) is 0. The van der Waals surface area contributed by atoms with Gasteiger partial charge in [0.05, 0.1) is 0 Å². The van der Waals surface area contributed by atoms with Gasteiger partial charge in [0.2, 0.25) is 0 Å². The van der Waals surface area contributed by atoms with Crippen molar-refractivity contribution in [3.8, 4) is 0 Å². The molecule has 0 amide bonds. The van der Waals surface area contributed by atoms with Crippen LogP contribution in [0.3, 0.4) is 0 Å². The van der Waals surface area contributed by atoms with E-state index in [1.165, 1.54) is 69.8 Å². The van der Waals surface area contributed by atoms with Crippen molar-refractivity contribution in [3.63, 3.8) is 0 Å². The van der Waals surface area contributed by atoms with Crippen molar-refractivity contribution in [3.05, 3.63) is 35.9 Å². The first-order valence-electron chi connectivity index (χ1n) is 11.1. The molecule has 0 radical (unpaired) electrons. The van der Waals surface area contributed by atoms with Gasteiger partial charge in [0.1, 0.15) is 0 Å². The topological polar surface area (TPSA) is 18.5 Å². The predicted molar refractivity (Wildman–Crippen MR) is 115 cm³/mol. The molecule has 2 nitrogen and oxygen atoms in total. The maximum atomic E-state index is 6.08. The summed E-state index contributed by atoms with van der Waals surface area (Å²) in [4.78, 5) is 0. The average Bonchev–Trinajstić information content (AvgIpc) is 2.67. The summed E-state index contributed by atoms with van der Waals surface area (Å²) in [6.07, 6.45) is 16.4. The van der Waals surface area contributed by atoms with Gasteiger partial charge in [-0.25, -0.2) is 0 Å². The quantitative estimate of drug-likeness (QED) is 0.207. The van der Waals surface area contributed by atoms with Gasteiger partial charge < -0.3 is 9.31 Å². The average molecular weight is 360 g/mol. The van der Waals surface area contributed by atoms with Crippen LogP contribution in [0.2, 0.25) is 0 Å². The summed E-state index contributed by atoms with van der Waals surface area (Å²) in [5.74, 6) is 0. The summed E-state index contributed by atoms with van der Waals surface area (Å²) in [5, 5.41) is 0. The fourth-order valence-electron chi connectivity index (χ4n) is 3.17.